The van der Waals surface area contributed by atoms with E-state index in [0.29, 0.717) is 6.04 Å². The molecule has 0 atom stereocenters. The Balaban J connectivity index is 1.82. The van der Waals surface area contributed by atoms with E-state index in [-0.39, 0.29) is 0 Å². The highest BCUT2D eigenvalue weighted by Crippen LogP contribution is 2.22. The molecule has 2 rings (SSSR count). The SMILES string of the molecule is CC(C)NCc1nc(CN(C)C2CCCCCC2)cs1. The minimum absolute atomic E-state index is 0.524. The first kappa shape index (κ1) is 15.9. The van der Waals surface area contributed by atoms with Crippen LogP contribution in [0.1, 0.15) is 63.1 Å². The third kappa shape index (κ3) is 5.15. The minimum Gasteiger partial charge on any atom is -0.308 e. The van der Waals surface area contributed by atoms with Gasteiger partial charge < -0.3 is 5.32 Å². The monoisotopic (exact) mass is 295 g/mol. The van der Waals surface area contributed by atoms with Crippen LogP contribution in [0, 0.1) is 0 Å². The molecule has 1 aliphatic rings. The Morgan fingerprint density at radius 1 is 1.30 bits per heavy atom. The molecule has 1 aromatic heterocycles. The Bertz CT molecular complexity index is 381. The maximum absolute atomic E-state index is 4.75. The fourth-order valence-corrected chi connectivity index (χ4v) is 3.61. The van der Waals surface area contributed by atoms with Gasteiger partial charge in [0.1, 0.15) is 5.01 Å². The van der Waals surface area contributed by atoms with Crippen molar-refractivity contribution < 1.29 is 0 Å². The predicted molar refractivity (Wildman–Crippen MR) is 87.0 cm³/mol. The average molecular weight is 295 g/mol. The summed E-state index contributed by atoms with van der Waals surface area (Å²) in [6.07, 6.45) is 8.37. The summed E-state index contributed by atoms with van der Waals surface area (Å²) in [5.41, 5.74) is 1.24. The number of hydrogen-bond acceptors (Lipinski definition) is 4. The van der Waals surface area contributed by atoms with E-state index in [0.717, 1.165) is 19.1 Å². The first-order valence-corrected chi connectivity index (χ1v) is 8.90. The van der Waals surface area contributed by atoms with Crippen molar-refractivity contribution in [3.63, 3.8) is 0 Å². The molecule has 0 amide bonds. The van der Waals surface area contributed by atoms with Crippen molar-refractivity contribution in [2.45, 2.75) is 77.5 Å². The molecular formula is C16H29N3S. The van der Waals surface area contributed by atoms with Crippen molar-refractivity contribution >= 4 is 11.3 Å². The largest absolute Gasteiger partial charge is 0.308 e. The van der Waals surface area contributed by atoms with Gasteiger partial charge in [-0.1, -0.05) is 39.5 Å². The van der Waals surface area contributed by atoms with Gasteiger partial charge in [-0.3, -0.25) is 4.90 Å². The third-order valence-electron chi connectivity index (χ3n) is 4.12. The summed E-state index contributed by atoms with van der Waals surface area (Å²) >= 11 is 1.78. The van der Waals surface area contributed by atoms with E-state index in [9.17, 15) is 0 Å². The highest BCUT2D eigenvalue weighted by Gasteiger charge is 2.17. The highest BCUT2D eigenvalue weighted by molar-refractivity contribution is 7.09. The van der Waals surface area contributed by atoms with Crippen molar-refractivity contribution in [1.29, 1.82) is 0 Å². The lowest BCUT2D eigenvalue weighted by Gasteiger charge is -2.26. The van der Waals surface area contributed by atoms with E-state index in [1.54, 1.807) is 11.3 Å². The number of nitrogens with one attached hydrogen (secondary N) is 1. The van der Waals surface area contributed by atoms with Crippen LogP contribution in [-0.2, 0) is 13.1 Å². The van der Waals surface area contributed by atoms with Crippen molar-refractivity contribution in [2.75, 3.05) is 7.05 Å². The normalized spacial score (nSPS) is 17.9. The van der Waals surface area contributed by atoms with Gasteiger partial charge in [0.2, 0.25) is 0 Å². The molecule has 1 fully saturated rings. The number of hydrogen-bond donors (Lipinski definition) is 1. The fraction of sp³-hybridized carbons (Fsp3) is 0.812. The number of aromatic nitrogens is 1. The molecule has 1 N–H and O–H groups in total. The second-order valence-electron chi connectivity index (χ2n) is 6.33. The summed E-state index contributed by atoms with van der Waals surface area (Å²) in [6, 6.07) is 1.28. The van der Waals surface area contributed by atoms with E-state index in [4.69, 9.17) is 4.98 Å². The van der Waals surface area contributed by atoms with E-state index in [1.807, 2.05) is 0 Å². The van der Waals surface area contributed by atoms with Crippen LogP contribution in [0.15, 0.2) is 5.38 Å². The maximum atomic E-state index is 4.75. The quantitative estimate of drug-likeness (QED) is 0.809. The molecule has 0 aliphatic heterocycles. The molecule has 0 bridgehead atoms. The van der Waals surface area contributed by atoms with Gasteiger partial charge in [0, 0.05) is 30.6 Å². The lowest BCUT2D eigenvalue weighted by atomic mass is 10.1. The molecule has 0 unspecified atom stereocenters. The van der Waals surface area contributed by atoms with Gasteiger partial charge in [-0.25, -0.2) is 4.98 Å². The second-order valence-corrected chi connectivity index (χ2v) is 7.27. The molecule has 1 heterocycles. The molecule has 114 valence electrons. The average Bonchev–Trinajstić information content (AvgIpc) is 2.68. The topological polar surface area (TPSA) is 28.2 Å². The van der Waals surface area contributed by atoms with Crippen LogP contribution in [-0.4, -0.2) is 29.0 Å². The van der Waals surface area contributed by atoms with Crippen LogP contribution in [0.2, 0.25) is 0 Å². The predicted octanol–water partition coefficient (Wildman–Crippen LogP) is 3.80. The molecule has 0 spiro atoms. The summed E-state index contributed by atoms with van der Waals surface area (Å²) in [4.78, 5) is 7.27. The molecule has 4 heteroatoms. The molecule has 0 radical (unpaired) electrons. The molecule has 1 aliphatic carbocycles. The van der Waals surface area contributed by atoms with Crippen LogP contribution in [0.5, 0.6) is 0 Å². The van der Waals surface area contributed by atoms with Crippen LogP contribution >= 0.6 is 11.3 Å². The van der Waals surface area contributed by atoms with Crippen LogP contribution in [0.3, 0.4) is 0 Å². The number of nitrogens with zero attached hydrogens (tertiary/aromatic N) is 2. The number of thiazole rings is 1. The summed E-state index contributed by atoms with van der Waals surface area (Å²) in [5, 5.41) is 6.87. The van der Waals surface area contributed by atoms with Crippen LogP contribution in [0.4, 0.5) is 0 Å². The molecule has 1 saturated carbocycles. The molecule has 20 heavy (non-hydrogen) atoms. The van der Waals surface area contributed by atoms with Crippen molar-refractivity contribution in [3.05, 3.63) is 16.1 Å². The first-order valence-electron chi connectivity index (χ1n) is 8.02. The van der Waals surface area contributed by atoms with Gasteiger partial charge in [0.15, 0.2) is 0 Å². The smallest absolute Gasteiger partial charge is 0.107 e. The first-order chi connectivity index (χ1) is 9.65. The Hall–Kier alpha value is -0.450. The van der Waals surface area contributed by atoms with E-state index in [2.05, 4.69) is 36.5 Å². The molecule has 0 aromatic carbocycles. The standard InChI is InChI=1S/C16H29N3S/c1-13(2)17-10-16-18-14(12-20-16)11-19(3)15-8-6-4-5-7-9-15/h12-13,15,17H,4-11H2,1-3H3. The summed E-state index contributed by atoms with van der Waals surface area (Å²) in [5.74, 6) is 0. The van der Waals surface area contributed by atoms with Crippen molar-refractivity contribution in [2.24, 2.45) is 0 Å². The Kier molecular flexibility index (Phi) is 6.46. The van der Waals surface area contributed by atoms with E-state index < -0.39 is 0 Å². The maximum Gasteiger partial charge on any atom is 0.107 e. The minimum atomic E-state index is 0.524. The summed E-state index contributed by atoms with van der Waals surface area (Å²) < 4.78 is 0. The zero-order valence-electron chi connectivity index (χ0n) is 13.2. The fourth-order valence-electron chi connectivity index (χ4n) is 2.88. The van der Waals surface area contributed by atoms with Crippen molar-refractivity contribution in [3.8, 4) is 0 Å². The van der Waals surface area contributed by atoms with Crippen molar-refractivity contribution in [1.82, 2.24) is 15.2 Å². The lowest BCUT2D eigenvalue weighted by Crippen LogP contribution is -2.30. The zero-order chi connectivity index (χ0) is 14.4. The van der Waals surface area contributed by atoms with E-state index in [1.165, 1.54) is 49.2 Å². The van der Waals surface area contributed by atoms with Gasteiger partial charge in [-0.15, -0.1) is 11.3 Å². The Morgan fingerprint density at radius 3 is 2.65 bits per heavy atom. The Labute approximate surface area is 127 Å². The third-order valence-corrected chi connectivity index (χ3v) is 5.02. The van der Waals surface area contributed by atoms with Crippen LogP contribution in [0.25, 0.3) is 0 Å². The molecule has 3 nitrogen and oxygen atoms in total. The van der Waals surface area contributed by atoms with Crippen LogP contribution < -0.4 is 5.32 Å². The van der Waals surface area contributed by atoms with Gasteiger partial charge in [-0.05, 0) is 19.9 Å². The van der Waals surface area contributed by atoms with E-state index >= 15 is 0 Å². The van der Waals surface area contributed by atoms with Gasteiger partial charge in [0.25, 0.3) is 0 Å². The summed E-state index contributed by atoms with van der Waals surface area (Å²) in [6.45, 7) is 6.25. The molecular weight excluding hydrogens is 266 g/mol. The highest BCUT2D eigenvalue weighted by atomic mass is 32.1. The number of rotatable bonds is 6. The lowest BCUT2D eigenvalue weighted by molar-refractivity contribution is 0.211. The molecule has 1 aromatic rings. The van der Waals surface area contributed by atoms with Gasteiger partial charge >= 0.3 is 0 Å². The Morgan fingerprint density at radius 2 is 2.00 bits per heavy atom. The second kappa shape index (κ2) is 8.11. The summed E-state index contributed by atoms with van der Waals surface area (Å²) in [7, 11) is 2.27. The zero-order valence-corrected chi connectivity index (χ0v) is 14.0. The van der Waals surface area contributed by atoms with Gasteiger partial charge in [0.05, 0.1) is 5.69 Å². The molecule has 0 saturated heterocycles. The van der Waals surface area contributed by atoms with Gasteiger partial charge in [-0.2, -0.15) is 0 Å².